The maximum atomic E-state index is 11.8. The predicted octanol–water partition coefficient (Wildman–Crippen LogP) is 5.80. The van der Waals surface area contributed by atoms with E-state index in [0.29, 0.717) is 17.8 Å². The summed E-state index contributed by atoms with van der Waals surface area (Å²) in [6.07, 6.45) is 8.84. The van der Waals surface area contributed by atoms with E-state index in [0.717, 1.165) is 30.4 Å². The zero-order valence-electron chi connectivity index (χ0n) is 15.6. The Morgan fingerprint density at radius 1 is 1.28 bits per heavy atom. The lowest BCUT2D eigenvalue weighted by molar-refractivity contribution is -0.134. The zero-order chi connectivity index (χ0) is 17.6. The third-order valence-corrected chi connectivity index (χ3v) is 7.34. The van der Waals surface area contributed by atoms with Crippen molar-refractivity contribution in [1.29, 1.82) is 0 Å². The van der Waals surface area contributed by atoms with Gasteiger partial charge in [0.1, 0.15) is 5.75 Å². The second-order valence-electron chi connectivity index (χ2n) is 8.60. The van der Waals surface area contributed by atoms with Gasteiger partial charge in [-0.2, -0.15) is 0 Å². The van der Waals surface area contributed by atoms with Crippen LogP contribution in [-0.4, -0.2) is 5.97 Å². The van der Waals surface area contributed by atoms with Crippen LogP contribution in [0.2, 0.25) is 0 Å². The Morgan fingerprint density at radius 2 is 2.12 bits per heavy atom. The summed E-state index contributed by atoms with van der Waals surface area (Å²) in [6, 6.07) is 6.38. The molecule has 0 N–H and O–H groups in total. The first-order valence-corrected chi connectivity index (χ1v) is 10.0. The van der Waals surface area contributed by atoms with Crippen LogP contribution in [-0.2, 0) is 11.2 Å². The highest BCUT2D eigenvalue weighted by Crippen LogP contribution is 2.62. The maximum absolute atomic E-state index is 11.8. The molecule has 0 aliphatic heterocycles. The van der Waals surface area contributed by atoms with Gasteiger partial charge in [-0.3, -0.25) is 4.79 Å². The summed E-state index contributed by atoms with van der Waals surface area (Å²) in [7, 11) is 0. The lowest BCUT2D eigenvalue weighted by atomic mass is 9.55. The first-order valence-electron chi connectivity index (χ1n) is 10.0. The molecule has 1 aromatic rings. The lowest BCUT2D eigenvalue weighted by Crippen LogP contribution is -2.40. The molecule has 2 heteroatoms. The van der Waals surface area contributed by atoms with Crippen LogP contribution in [0.1, 0.15) is 75.8 Å². The van der Waals surface area contributed by atoms with Gasteiger partial charge in [-0.1, -0.05) is 32.1 Å². The van der Waals surface area contributed by atoms with E-state index in [1.165, 1.54) is 48.8 Å². The second-order valence-corrected chi connectivity index (χ2v) is 8.60. The number of aryl methyl sites for hydroxylation is 1. The first-order chi connectivity index (χ1) is 12.0. The van der Waals surface area contributed by atoms with Crippen molar-refractivity contribution in [2.45, 2.75) is 71.1 Å². The molecular weight excluding hydrogens is 308 g/mol. The minimum atomic E-state index is -0.117. The first kappa shape index (κ1) is 16.9. The molecule has 0 bridgehead atoms. The third-order valence-electron chi connectivity index (χ3n) is 7.34. The highest BCUT2D eigenvalue weighted by atomic mass is 16.5. The van der Waals surface area contributed by atoms with E-state index in [1.807, 2.05) is 13.0 Å². The molecule has 4 rings (SSSR count). The summed E-state index contributed by atoms with van der Waals surface area (Å²) in [5.74, 6) is 2.92. The maximum Gasteiger partial charge on any atom is 0.311 e. The molecule has 0 spiro atoms. The summed E-state index contributed by atoms with van der Waals surface area (Å²) in [5.41, 5.74) is 4.81. The molecule has 2 saturated carbocycles. The van der Waals surface area contributed by atoms with Crippen LogP contribution in [0.25, 0.3) is 0 Å². The molecule has 3 aliphatic carbocycles. The Kier molecular flexibility index (Phi) is 4.25. The van der Waals surface area contributed by atoms with Gasteiger partial charge in [-0.25, -0.2) is 0 Å². The topological polar surface area (TPSA) is 26.3 Å². The Bertz CT molecular complexity index is 704. The molecule has 0 unspecified atom stereocenters. The molecule has 4 atom stereocenters. The summed E-state index contributed by atoms with van der Waals surface area (Å²) >= 11 is 0. The molecule has 2 nitrogen and oxygen atoms in total. The minimum Gasteiger partial charge on any atom is -0.427 e. The van der Waals surface area contributed by atoms with Crippen LogP contribution in [0.5, 0.6) is 5.75 Å². The number of fused-ring (bicyclic) bond motifs is 5. The molecule has 0 radical (unpaired) electrons. The van der Waals surface area contributed by atoms with Gasteiger partial charge < -0.3 is 4.74 Å². The van der Waals surface area contributed by atoms with Crippen LogP contribution in [0.3, 0.4) is 0 Å². The van der Waals surface area contributed by atoms with Crippen molar-refractivity contribution in [3.8, 4) is 5.75 Å². The predicted molar refractivity (Wildman–Crippen MR) is 101 cm³/mol. The molecule has 0 aromatic heterocycles. The summed E-state index contributed by atoms with van der Waals surface area (Å²) in [6.45, 7) is 8.87. The average molecular weight is 338 g/mol. The fourth-order valence-corrected chi connectivity index (χ4v) is 5.92. The fourth-order valence-electron chi connectivity index (χ4n) is 5.92. The number of esters is 1. The van der Waals surface area contributed by atoms with Gasteiger partial charge in [-0.05, 0) is 91.4 Å². The Labute approximate surface area is 151 Å². The normalized spacial score (nSPS) is 33.4. The van der Waals surface area contributed by atoms with E-state index in [4.69, 9.17) is 4.74 Å². The SMILES string of the molecule is C=C1CC[C@H]2[C@@H]3CCc4cc(OC(=O)CCC)ccc4[C@H]3CC[C@]12C. The van der Waals surface area contributed by atoms with Crippen LogP contribution in [0.15, 0.2) is 30.4 Å². The summed E-state index contributed by atoms with van der Waals surface area (Å²) in [5, 5.41) is 0. The van der Waals surface area contributed by atoms with Gasteiger partial charge in [0.2, 0.25) is 0 Å². The molecule has 0 amide bonds. The minimum absolute atomic E-state index is 0.117. The third kappa shape index (κ3) is 2.74. The quantitative estimate of drug-likeness (QED) is 0.395. The van der Waals surface area contributed by atoms with Crippen molar-refractivity contribution in [2.24, 2.45) is 17.3 Å². The second kappa shape index (κ2) is 6.30. The fraction of sp³-hybridized carbons (Fsp3) is 0.609. The van der Waals surface area contributed by atoms with E-state index in [1.54, 1.807) is 0 Å². The van der Waals surface area contributed by atoms with E-state index in [2.05, 4.69) is 25.6 Å². The van der Waals surface area contributed by atoms with Gasteiger partial charge >= 0.3 is 5.97 Å². The van der Waals surface area contributed by atoms with Crippen LogP contribution >= 0.6 is 0 Å². The van der Waals surface area contributed by atoms with Gasteiger partial charge in [0.05, 0.1) is 0 Å². The molecule has 1 aromatic carbocycles. The van der Waals surface area contributed by atoms with Crippen molar-refractivity contribution < 1.29 is 9.53 Å². The summed E-state index contributed by atoms with van der Waals surface area (Å²) < 4.78 is 5.51. The average Bonchev–Trinajstić information content (AvgIpc) is 2.90. The Balaban J connectivity index is 1.57. The number of carbonyl (C=O) groups is 1. The van der Waals surface area contributed by atoms with E-state index < -0.39 is 0 Å². The van der Waals surface area contributed by atoms with E-state index in [9.17, 15) is 4.79 Å². The van der Waals surface area contributed by atoms with Gasteiger partial charge in [-0.15, -0.1) is 0 Å². The highest BCUT2D eigenvalue weighted by Gasteiger charge is 2.51. The van der Waals surface area contributed by atoms with Crippen LogP contribution in [0.4, 0.5) is 0 Å². The molecular formula is C23H30O2. The van der Waals surface area contributed by atoms with E-state index >= 15 is 0 Å². The highest BCUT2D eigenvalue weighted by molar-refractivity contribution is 5.72. The Morgan fingerprint density at radius 3 is 2.92 bits per heavy atom. The van der Waals surface area contributed by atoms with Crippen molar-refractivity contribution in [3.63, 3.8) is 0 Å². The molecule has 0 saturated heterocycles. The number of ether oxygens (including phenoxy) is 1. The van der Waals surface area contributed by atoms with Crippen molar-refractivity contribution in [1.82, 2.24) is 0 Å². The zero-order valence-corrected chi connectivity index (χ0v) is 15.6. The molecule has 2 fully saturated rings. The number of allylic oxidation sites excluding steroid dienone is 1. The molecule has 134 valence electrons. The number of benzene rings is 1. The van der Waals surface area contributed by atoms with Crippen molar-refractivity contribution >= 4 is 5.97 Å². The van der Waals surface area contributed by atoms with Gasteiger partial charge in [0, 0.05) is 6.42 Å². The molecule has 0 heterocycles. The smallest absolute Gasteiger partial charge is 0.311 e. The van der Waals surface area contributed by atoms with Crippen molar-refractivity contribution in [2.75, 3.05) is 0 Å². The van der Waals surface area contributed by atoms with Crippen LogP contribution in [0, 0.1) is 17.3 Å². The standard InChI is InChI=1S/C23H30O2/c1-4-5-22(24)25-17-8-10-18-16(14-17)7-9-20-19(18)12-13-23(3)15(2)6-11-21(20)23/h8,10,14,19-21H,2,4-7,9,11-13H2,1,3H3/t19-,20-,21+,23-/m1/s1. The van der Waals surface area contributed by atoms with Crippen molar-refractivity contribution in [3.05, 3.63) is 41.5 Å². The lowest BCUT2D eigenvalue weighted by Gasteiger charge is -2.49. The number of hydrogen-bond acceptors (Lipinski definition) is 2. The van der Waals surface area contributed by atoms with Gasteiger partial charge in [0.15, 0.2) is 0 Å². The largest absolute Gasteiger partial charge is 0.427 e. The number of rotatable bonds is 3. The van der Waals surface area contributed by atoms with Crippen LogP contribution < -0.4 is 4.74 Å². The number of carbonyl (C=O) groups excluding carboxylic acids is 1. The Hall–Kier alpha value is -1.57. The molecule has 3 aliphatic rings. The number of hydrogen-bond donors (Lipinski definition) is 0. The monoisotopic (exact) mass is 338 g/mol. The van der Waals surface area contributed by atoms with E-state index in [-0.39, 0.29) is 5.97 Å². The molecule has 25 heavy (non-hydrogen) atoms. The summed E-state index contributed by atoms with van der Waals surface area (Å²) in [4.78, 5) is 11.8. The van der Waals surface area contributed by atoms with Gasteiger partial charge in [0.25, 0.3) is 0 Å².